The van der Waals surface area contributed by atoms with E-state index in [0.29, 0.717) is 11.5 Å². The van der Waals surface area contributed by atoms with Gasteiger partial charge in [0.15, 0.2) is 0 Å². The Bertz CT molecular complexity index is 307. The van der Waals surface area contributed by atoms with Crippen molar-refractivity contribution in [2.75, 3.05) is 30.9 Å². The van der Waals surface area contributed by atoms with Gasteiger partial charge in [-0.3, -0.25) is 0 Å². The number of anilines is 2. The molecule has 0 atom stereocenters. The molecule has 0 aliphatic carbocycles. The van der Waals surface area contributed by atoms with E-state index in [1.807, 2.05) is 0 Å². The molecule has 0 aromatic carbocycles. The van der Waals surface area contributed by atoms with Crippen molar-refractivity contribution in [1.82, 2.24) is 4.98 Å². The number of nitrogens with two attached hydrogens (primary N) is 1. The third-order valence-electron chi connectivity index (χ3n) is 2.13. The molecule has 1 rings (SSSR count). The minimum Gasteiger partial charge on any atom is -0.396 e. The standard InChI is InChI=1S/C9H15N3O3/c10-7-2-1-3-11-8(7)12-9(4-13,5-14)6-15/h1-3,13-15H,4-6,10H2,(H,11,12). The van der Waals surface area contributed by atoms with Crippen molar-refractivity contribution in [3.05, 3.63) is 18.3 Å². The molecule has 0 amide bonds. The van der Waals surface area contributed by atoms with Crippen LogP contribution in [0.4, 0.5) is 11.5 Å². The van der Waals surface area contributed by atoms with Crippen molar-refractivity contribution >= 4 is 11.5 Å². The average Bonchev–Trinajstić information content (AvgIpc) is 2.29. The summed E-state index contributed by atoms with van der Waals surface area (Å²) in [4.78, 5) is 3.94. The van der Waals surface area contributed by atoms with Gasteiger partial charge in [-0.15, -0.1) is 0 Å². The molecule has 15 heavy (non-hydrogen) atoms. The van der Waals surface area contributed by atoms with Gasteiger partial charge < -0.3 is 26.4 Å². The van der Waals surface area contributed by atoms with Crippen LogP contribution in [0.3, 0.4) is 0 Å². The fourth-order valence-corrected chi connectivity index (χ4v) is 1.04. The molecule has 0 fully saturated rings. The highest BCUT2D eigenvalue weighted by atomic mass is 16.3. The molecule has 6 nitrogen and oxygen atoms in total. The van der Waals surface area contributed by atoms with Gasteiger partial charge in [-0.2, -0.15) is 0 Å². The van der Waals surface area contributed by atoms with E-state index in [2.05, 4.69) is 10.3 Å². The number of aromatic nitrogens is 1. The third-order valence-corrected chi connectivity index (χ3v) is 2.13. The molecule has 0 aliphatic heterocycles. The van der Waals surface area contributed by atoms with Gasteiger partial charge in [-0.1, -0.05) is 0 Å². The number of hydrogen-bond acceptors (Lipinski definition) is 6. The van der Waals surface area contributed by atoms with Crippen LogP contribution < -0.4 is 11.1 Å². The molecule has 0 saturated heterocycles. The normalized spacial score (nSPS) is 11.4. The number of nitrogen functional groups attached to an aromatic ring is 1. The molecule has 0 aliphatic rings. The second-order valence-corrected chi connectivity index (χ2v) is 3.32. The van der Waals surface area contributed by atoms with Crippen LogP contribution in [-0.2, 0) is 0 Å². The second kappa shape index (κ2) is 4.92. The van der Waals surface area contributed by atoms with E-state index in [1.54, 1.807) is 12.1 Å². The zero-order valence-corrected chi connectivity index (χ0v) is 8.22. The monoisotopic (exact) mass is 213 g/mol. The summed E-state index contributed by atoms with van der Waals surface area (Å²) in [6.07, 6.45) is 1.52. The fraction of sp³-hybridized carbons (Fsp3) is 0.444. The van der Waals surface area contributed by atoms with Gasteiger partial charge in [0.2, 0.25) is 0 Å². The summed E-state index contributed by atoms with van der Waals surface area (Å²) in [6.45, 7) is -1.26. The lowest BCUT2D eigenvalue weighted by Crippen LogP contribution is -2.49. The van der Waals surface area contributed by atoms with Crippen molar-refractivity contribution in [1.29, 1.82) is 0 Å². The van der Waals surface area contributed by atoms with Crippen molar-refractivity contribution in [3.8, 4) is 0 Å². The van der Waals surface area contributed by atoms with E-state index in [0.717, 1.165) is 0 Å². The average molecular weight is 213 g/mol. The smallest absolute Gasteiger partial charge is 0.149 e. The Morgan fingerprint density at radius 2 is 1.87 bits per heavy atom. The predicted molar refractivity (Wildman–Crippen MR) is 56.3 cm³/mol. The van der Waals surface area contributed by atoms with Gasteiger partial charge in [0.05, 0.1) is 25.5 Å². The second-order valence-electron chi connectivity index (χ2n) is 3.32. The van der Waals surface area contributed by atoms with Crippen molar-refractivity contribution in [2.45, 2.75) is 5.54 Å². The molecule has 0 radical (unpaired) electrons. The summed E-state index contributed by atoms with van der Waals surface area (Å²) in [7, 11) is 0. The van der Waals surface area contributed by atoms with Gasteiger partial charge >= 0.3 is 0 Å². The summed E-state index contributed by atoms with van der Waals surface area (Å²) in [5.41, 5.74) is 4.80. The van der Waals surface area contributed by atoms with Crippen LogP contribution in [0.2, 0.25) is 0 Å². The first-order valence-electron chi connectivity index (χ1n) is 4.49. The highest BCUT2D eigenvalue weighted by Gasteiger charge is 2.28. The summed E-state index contributed by atoms with van der Waals surface area (Å²) >= 11 is 0. The van der Waals surface area contributed by atoms with Crippen molar-refractivity contribution in [2.24, 2.45) is 0 Å². The minimum atomic E-state index is -1.21. The van der Waals surface area contributed by atoms with Crippen molar-refractivity contribution < 1.29 is 15.3 Å². The number of aliphatic hydroxyl groups is 3. The Balaban J connectivity index is 2.88. The summed E-state index contributed by atoms with van der Waals surface area (Å²) in [5, 5.41) is 30.0. The van der Waals surface area contributed by atoms with Crippen LogP contribution >= 0.6 is 0 Å². The molecule has 0 unspecified atom stereocenters. The highest BCUT2D eigenvalue weighted by Crippen LogP contribution is 2.18. The lowest BCUT2D eigenvalue weighted by molar-refractivity contribution is 0.0831. The molecule has 6 N–H and O–H groups in total. The Kier molecular flexibility index (Phi) is 3.84. The first kappa shape index (κ1) is 11.7. The molecule has 0 spiro atoms. The zero-order valence-electron chi connectivity index (χ0n) is 8.22. The van der Waals surface area contributed by atoms with Gasteiger partial charge in [0.1, 0.15) is 11.4 Å². The maximum absolute atomic E-state index is 9.08. The molecule has 0 bridgehead atoms. The van der Waals surface area contributed by atoms with Crippen LogP contribution in [0.1, 0.15) is 0 Å². The van der Waals surface area contributed by atoms with Crippen LogP contribution in [0.25, 0.3) is 0 Å². The van der Waals surface area contributed by atoms with Crippen LogP contribution in [-0.4, -0.2) is 45.7 Å². The largest absolute Gasteiger partial charge is 0.396 e. The lowest BCUT2D eigenvalue weighted by Gasteiger charge is -2.29. The highest BCUT2D eigenvalue weighted by molar-refractivity contribution is 5.61. The predicted octanol–water partition coefficient (Wildman–Crippen LogP) is -1.21. The Morgan fingerprint density at radius 3 is 2.33 bits per heavy atom. The van der Waals surface area contributed by atoms with Gasteiger partial charge in [0, 0.05) is 6.20 Å². The Morgan fingerprint density at radius 1 is 1.27 bits per heavy atom. The molecular weight excluding hydrogens is 198 g/mol. The summed E-state index contributed by atoms with van der Waals surface area (Å²) in [6, 6.07) is 3.30. The summed E-state index contributed by atoms with van der Waals surface area (Å²) in [5.74, 6) is 0.328. The van der Waals surface area contributed by atoms with E-state index >= 15 is 0 Å². The number of pyridine rings is 1. The first-order chi connectivity index (χ1) is 7.17. The minimum absolute atomic E-state index is 0.328. The van der Waals surface area contributed by atoms with Crippen LogP contribution in [0.15, 0.2) is 18.3 Å². The first-order valence-corrected chi connectivity index (χ1v) is 4.49. The zero-order chi connectivity index (χ0) is 11.3. The maximum Gasteiger partial charge on any atom is 0.149 e. The Hall–Kier alpha value is -1.37. The van der Waals surface area contributed by atoms with E-state index in [1.165, 1.54) is 6.20 Å². The van der Waals surface area contributed by atoms with Gasteiger partial charge in [0.25, 0.3) is 0 Å². The third kappa shape index (κ3) is 2.56. The molecule has 1 aromatic heterocycles. The fourth-order valence-electron chi connectivity index (χ4n) is 1.04. The molecule has 0 saturated carbocycles. The molecule has 1 heterocycles. The number of hydrogen-bond donors (Lipinski definition) is 5. The van der Waals surface area contributed by atoms with E-state index < -0.39 is 25.4 Å². The topological polar surface area (TPSA) is 112 Å². The molecule has 84 valence electrons. The molecule has 6 heteroatoms. The number of rotatable bonds is 5. The van der Waals surface area contributed by atoms with Crippen LogP contribution in [0.5, 0.6) is 0 Å². The summed E-state index contributed by atoms with van der Waals surface area (Å²) < 4.78 is 0. The molecule has 1 aromatic rings. The van der Waals surface area contributed by atoms with E-state index in [4.69, 9.17) is 21.1 Å². The lowest BCUT2D eigenvalue weighted by atomic mass is 10.0. The van der Waals surface area contributed by atoms with E-state index in [-0.39, 0.29) is 0 Å². The van der Waals surface area contributed by atoms with Gasteiger partial charge in [-0.05, 0) is 12.1 Å². The van der Waals surface area contributed by atoms with Crippen LogP contribution in [0, 0.1) is 0 Å². The Labute approximate surface area is 87.4 Å². The van der Waals surface area contributed by atoms with E-state index in [9.17, 15) is 0 Å². The number of nitrogens with one attached hydrogen (secondary N) is 1. The molecular formula is C9H15N3O3. The quantitative estimate of drug-likeness (QED) is 0.419. The van der Waals surface area contributed by atoms with Gasteiger partial charge in [-0.25, -0.2) is 4.98 Å². The maximum atomic E-state index is 9.08. The van der Waals surface area contributed by atoms with Crippen molar-refractivity contribution in [3.63, 3.8) is 0 Å². The number of nitrogens with zero attached hydrogens (tertiary/aromatic N) is 1. The number of aliphatic hydroxyl groups excluding tert-OH is 3. The SMILES string of the molecule is Nc1cccnc1NC(CO)(CO)CO.